The third-order valence-electron chi connectivity index (χ3n) is 6.25. The Bertz CT molecular complexity index is 1450. The van der Waals surface area contributed by atoms with Gasteiger partial charge in [-0.05, 0) is 37.6 Å². The van der Waals surface area contributed by atoms with E-state index in [4.69, 9.17) is 27.9 Å². The van der Waals surface area contributed by atoms with E-state index in [-0.39, 0.29) is 34.9 Å². The Hall–Kier alpha value is -2.59. The van der Waals surface area contributed by atoms with Crippen molar-refractivity contribution in [2.24, 2.45) is 5.92 Å². The average Bonchev–Trinajstić information content (AvgIpc) is 3.28. The van der Waals surface area contributed by atoms with Gasteiger partial charge in [-0.15, -0.1) is 0 Å². The van der Waals surface area contributed by atoms with Crippen molar-refractivity contribution in [3.8, 4) is 0 Å². The minimum atomic E-state index is -0.811. The Morgan fingerprint density at radius 2 is 1.78 bits per heavy atom. The number of anilines is 1. The van der Waals surface area contributed by atoms with Crippen LogP contribution >= 0.6 is 46.3 Å². The van der Waals surface area contributed by atoms with Gasteiger partial charge in [0.1, 0.15) is 11.8 Å². The number of thioether (sulfide) groups is 1. The maximum absolute atomic E-state index is 13.8. The summed E-state index contributed by atoms with van der Waals surface area (Å²) in [6.07, 6.45) is 0. The molecule has 2 amide bonds. The molecule has 2 aliphatic rings. The highest BCUT2D eigenvalue weighted by Gasteiger charge is 2.57. The standard InChI is InChI=1S/C25H20Cl2N2O5S2/c1-3-34-16(30)11-28-24-21(36-25(28)33)17(14-5-4-6-15(26)19(14)27)18-20(35-24)23(32)29(22(18)31)13-9-7-12(2)8-10-13/h4-10,17-18,20H,3,11H2,1-2H3. The number of imide groups is 1. The highest BCUT2D eigenvalue weighted by Crippen LogP contribution is 2.55. The lowest BCUT2D eigenvalue weighted by Crippen LogP contribution is -2.33. The maximum Gasteiger partial charge on any atom is 0.326 e. The highest BCUT2D eigenvalue weighted by molar-refractivity contribution is 8.00. The number of carbonyl (C=O) groups is 3. The van der Waals surface area contributed by atoms with E-state index in [1.54, 1.807) is 37.3 Å². The third kappa shape index (κ3) is 4.08. The van der Waals surface area contributed by atoms with Crippen molar-refractivity contribution in [1.82, 2.24) is 4.57 Å². The molecule has 3 atom stereocenters. The van der Waals surface area contributed by atoms with E-state index in [0.717, 1.165) is 28.7 Å². The van der Waals surface area contributed by atoms with Gasteiger partial charge >= 0.3 is 10.8 Å². The van der Waals surface area contributed by atoms with Gasteiger partial charge in [0.2, 0.25) is 11.8 Å². The average molecular weight is 563 g/mol. The molecule has 1 aromatic heterocycles. The number of benzene rings is 2. The van der Waals surface area contributed by atoms with Crippen molar-refractivity contribution in [3.63, 3.8) is 0 Å². The first-order chi connectivity index (χ1) is 17.2. The van der Waals surface area contributed by atoms with Crippen LogP contribution in [-0.2, 0) is 25.7 Å². The normalized spacial score (nSPS) is 20.9. The molecular formula is C25H20Cl2N2O5S2. The number of aromatic nitrogens is 1. The van der Waals surface area contributed by atoms with E-state index < -0.39 is 23.1 Å². The summed E-state index contributed by atoms with van der Waals surface area (Å²) >= 11 is 15.0. The van der Waals surface area contributed by atoms with Crippen molar-refractivity contribution < 1.29 is 19.1 Å². The molecule has 0 N–H and O–H groups in total. The molecule has 2 aliphatic heterocycles. The van der Waals surface area contributed by atoms with E-state index in [2.05, 4.69) is 0 Å². The molecule has 1 saturated heterocycles. The molecule has 11 heteroatoms. The van der Waals surface area contributed by atoms with E-state index in [0.29, 0.717) is 26.2 Å². The van der Waals surface area contributed by atoms with Gasteiger partial charge < -0.3 is 4.74 Å². The fraction of sp³-hybridized carbons (Fsp3) is 0.280. The summed E-state index contributed by atoms with van der Waals surface area (Å²) in [7, 11) is 0. The second-order valence-corrected chi connectivity index (χ2v) is 11.4. The van der Waals surface area contributed by atoms with Gasteiger partial charge in [0.05, 0.1) is 33.3 Å². The molecule has 7 nitrogen and oxygen atoms in total. The van der Waals surface area contributed by atoms with E-state index in [1.165, 1.54) is 9.47 Å². The van der Waals surface area contributed by atoms with Gasteiger partial charge in [0.25, 0.3) is 0 Å². The Morgan fingerprint density at radius 3 is 2.47 bits per heavy atom. The van der Waals surface area contributed by atoms with Gasteiger partial charge in [-0.1, -0.05) is 76.1 Å². The molecule has 3 unspecified atom stereocenters. The minimum absolute atomic E-state index is 0.178. The molecular weight excluding hydrogens is 543 g/mol. The van der Waals surface area contributed by atoms with Crippen LogP contribution in [0.4, 0.5) is 5.69 Å². The Labute approximate surface area is 225 Å². The van der Waals surface area contributed by atoms with Crippen LogP contribution in [0, 0.1) is 12.8 Å². The SMILES string of the molecule is CCOC(=O)Cn1c2c(sc1=O)C(c1cccc(Cl)c1Cl)C1C(=O)N(c3ccc(C)cc3)C(=O)C1S2. The smallest absolute Gasteiger partial charge is 0.326 e. The highest BCUT2D eigenvalue weighted by atomic mass is 35.5. The largest absolute Gasteiger partial charge is 0.465 e. The quantitative estimate of drug-likeness (QED) is 0.325. The van der Waals surface area contributed by atoms with Gasteiger partial charge in [-0.25, -0.2) is 4.90 Å². The number of rotatable bonds is 5. The van der Waals surface area contributed by atoms with Crippen LogP contribution in [0.3, 0.4) is 0 Å². The van der Waals surface area contributed by atoms with Crippen LogP contribution in [-0.4, -0.2) is 34.2 Å². The molecule has 0 spiro atoms. The number of fused-ring (bicyclic) bond motifs is 2. The summed E-state index contributed by atoms with van der Waals surface area (Å²) in [4.78, 5) is 54.2. The Balaban J connectivity index is 1.68. The van der Waals surface area contributed by atoms with E-state index in [1.807, 2.05) is 19.1 Å². The second kappa shape index (κ2) is 9.70. The van der Waals surface area contributed by atoms with Crippen molar-refractivity contribution in [3.05, 3.63) is 78.2 Å². The molecule has 5 rings (SSSR count). The summed E-state index contributed by atoms with van der Waals surface area (Å²) < 4.78 is 6.36. The number of ether oxygens (including phenoxy) is 1. The molecule has 1 fully saturated rings. The van der Waals surface area contributed by atoms with Gasteiger partial charge in [0.15, 0.2) is 0 Å². The predicted molar refractivity (Wildman–Crippen MR) is 140 cm³/mol. The summed E-state index contributed by atoms with van der Waals surface area (Å²) in [6, 6.07) is 12.3. The number of hydrogen-bond donors (Lipinski definition) is 0. The lowest BCUT2D eigenvalue weighted by Gasteiger charge is -2.31. The summed E-state index contributed by atoms with van der Waals surface area (Å²) in [5.74, 6) is -2.80. The summed E-state index contributed by atoms with van der Waals surface area (Å²) in [5.41, 5.74) is 2.03. The second-order valence-electron chi connectivity index (χ2n) is 8.46. The van der Waals surface area contributed by atoms with E-state index in [9.17, 15) is 19.2 Å². The van der Waals surface area contributed by atoms with Crippen LogP contribution in [0.15, 0.2) is 52.3 Å². The fourth-order valence-electron chi connectivity index (χ4n) is 4.64. The Kier molecular flexibility index (Phi) is 6.76. The molecule has 186 valence electrons. The number of carbonyl (C=O) groups excluding carboxylic acids is 3. The fourth-order valence-corrected chi connectivity index (χ4v) is 7.82. The van der Waals surface area contributed by atoms with Crippen molar-refractivity contribution >= 4 is 69.8 Å². The van der Waals surface area contributed by atoms with Crippen molar-refractivity contribution in [1.29, 1.82) is 0 Å². The number of amides is 2. The maximum atomic E-state index is 13.8. The zero-order chi connectivity index (χ0) is 25.7. The van der Waals surface area contributed by atoms with Crippen LogP contribution in [0.5, 0.6) is 0 Å². The van der Waals surface area contributed by atoms with Crippen molar-refractivity contribution in [2.45, 2.75) is 36.6 Å². The molecule has 0 saturated carbocycles. The number of esters is 1. The number of thiazole rings is 1. The predicted octanol–water partition coefficient (Wildman–Crippen LogP) is 4.88. The molecule has 2 aromatic carbocycles. The molecule has 0 bridgehead atoms. The van der Waals surface area contributed by atoms with Crippen LogP contribution in [0.25, 0.3) is 0 Å². The number of halogens is 2. The first kappa shape index (κ1) is 25.1. The van der Waals surface area contributed by atoms with Crippen LogP contribution in [0.2, 0.25) is 10.0 Å². The summed E-state index contributed by atoms with van der Waals surface area (Å²) in [5, 5.41) is 0.213. The first-order valence-corrected chi connectivity index (χ1v) is 13.6. The van der Waals surface area contributed by atoms with Crippen LogP contribution in [0.1, 0.15) is 28.8 Å². The number of nitrogens with zero attached hydrogens (tertiary/aromatic N) is 2. The van der Waals surface area contributed by atoms with Gasteiger partial charge in [-0.2, -0.15) is 0 Å². The third-order valence-corrected chi connectivity index (χ3v) is 9.69. The molecule has 0 radical (unpaired) electrons. The molecule has 3 heterocycles. The monoisotopic (exact) mass is 562 g/mol. The molecule has 36 heavy (non-hydrogen) atoms. The molecule has 0 aliphatic carbocycles. The zero-order valence-electron chi connectivity index (χ0n) is 19.2. The minimum Gasteiger partial charge on any atom is -0.465 e. The number of aryl methyl sites for hydroxylation is 1. The first-order valence-electron chi connectivity index (χ1n) is 11.2. The van der Waals surface area contributed by atoms with Crippen LogP contribution < -0.4 is 9.77 Å². The summed E-state index contributed by atoms with van der Waals surface area (Å²) in [6.45, 7) is 3.49. The van der Waals surface area contributed by atoms with Gasteiger partial charge in [-0.3, -0.25) is 23.7 Å². The van der Waals surface area contributed by atoms with Crippen molar-refractivity contribution in [2.75, 3.05) is 11.5 Å². The van der Waals surface area contributed by atoms with Gasteiger partial charge in [0, 0.05) is 10.8 Å². The Morgan fingerprint density at radius 1 is 1.06 bits per heavy atom. The zero-order valence-corrected chi connectivity index (χ0v) is 22.3. The lowest BCUT2D eigenvalue weighted by molar-refractivity contribution is -0.144. The molecule has 3 aromatic rings. The van der Waals surface area contributed by atoms with E-state index >= 15 is 0 Å². The topological polar surface area (TPSA) is 85.7 Å². The lowest BCUT2D eigenvalue weighted by atomic mass is 9.83. The number of hydrogen-bond acceptors (Lipinski definition) is 7.